The molecule has 0 radical (unpaired) electrons. The van der Waals surface area contributed by atoms with Gasteiger partial charge in [-0.05, 0) is 50.3 Å². The fraction of sp³-hybridized carbons (Fsp3) is 0.619. The summed E-state index contributed by atoms with van der Waals surface area (Å²) < 4.78 is 16.0. The standard InChI is InChI=1S/C21H31NO5/c1-6-26-18-11-10-16(12-19(18)25-5)21(24)27-15(4)20(23)22-17-9-7-8-13(2)14(17)3/h10-15,17H,6-9H2,1-5H3,(H,22,23)/t13-,14-,15+,17-/m0/s1. The molecule has 1 N–H and O–H groups in total. The first kappa shape index (κ1) is 21.1. The molecule has 0 saturated heterocycles. The third kappa shape index (κ3) is 5.37. The third-order valence-electron chi connectivity index (χ3n) is 5.39. The van der Waals surface area contributed by atoms with Crippen LogP contribution in [0.1, 0.15) is 57.3 Å². The normalized spacial score (nSPS) is 23.2. The molecule has 6 nitrogen and oxygen atoms in total. The Balaban J connectivity index is 1.97. The Labute approximate surface area is 161 Å². The molecule has 2 rings (SSSR count). The van der Waals surface area contributed by atoms with E-state index in [2.05, 4.69) is 19.2 Å². The van der Waals surface area contributed by atoms with Crippen molar-refractivity contribution >= 4 is 11.9 Å². The maximum Gasteiger partial charge on any atom is 0.339 e. The van der Waals surface area contributed by atoms with E-state index in [1.54, 1.807) is 25.1 Å². The van der Waals surface area contributed by atoms with Gasteiger partial charge in [-0.2, -0.15) is 0 Å². The van der Waals surface area contributed by atoms with E-state index in [1.807, 2.05) is 6.92 Å². The lowest BCUT2D eigenvalue weighted by molar-refractivity contribution is -0.130. The largest absolute Gasteiger partial charge is 0.493 e. The predicted octanol–water partition coefficient (Wildman–Crippen LogP) is 3.58. The maximum absolute atomic E-state index is 12.5. The molecule has 1 aromatic rings. The van der Waals surface area contributed by atoms with E-state index >= 15 is 0 Å². The van der Waals surface area contributed by atoms with Gasteiger partial charge in [0.05, 0.1) is 19.3 Å². The predicted molar refractivity (Wildman–Crippen MR) is 103 cm³/mol. The number of rotatable bonds is 7. The number of hydrogen-bond acceptors (Lipinski definition) is 5. The van der Waals surface area contributed by atoms with Crippen LogP contribution in [0.3, 0.4) is 0 Å². The molecule has 0 spiro atoms. The number of carbonyl (C=O) groups is 2. The molecular weight excluding hydrogens is 346 g/mol. The van der Waals surface area contributed by atoms with Crippen LogP contribution in [0, 0.1) is 11.8 Å². The maximum atomic E-state index is 12.5. The van der Waals surface area contributed by atoms with Crippen LogP contribution < -0.4 is 14.8 Å². The number of benzene rings is 1. The van der Waals surface area contributed by atoms with Crippen molar-refractivity contribution in [1.29, 1.82) is 0 Å². The zero-order chi connectivity index (χ0) is 20.0. The highest BCUT2D eigenvalue weighted by molar-refractivity contribution is 5.92. The Morgan fingerprint density at radius 2 is 1.96 bits per heavy atom. The molecule has 4 atom stereocenters. The fourth-order valence-corrected chi connectivity index (χ4v) is 3.44. The molecular formula is C21H31NO5. The number of ether oxygens (including phenoxy) is 3. The first-order valence-corrected chi connectivity index (χ1v) is 9.69. The van der Waals surface area contributed by atoms with Crippen molar-refractivity contribution in [3.8, 4) is 11.5 Å². The molecule has 150 valence electrons. The molecule has 0 bridgehead atoms. The smallest absolute Gasteiger partial charge is 0.339 e. The zero-order valence-electron chi connectivity index (χ0n) is 16.9. The highest BCUT2D eigenvalue weighted by Gasteiger charge is 2.30. The second kappa shape index (κ2) is 9.62. The first-order valence-electron chi connectivity index (χ1n) is 9.69. The van der Waals surface area contributed by atoms with Gasteiger partial charge in [-0.25, -0.2) is 4.79 Å². The van der Waals surface area contributed by atoms with Crippen LogP contribution in [0.2, 0.25) is 0 Å². The number of hydrogen-bond donors (Lipinski definition) is 1. The Bertz CT molecular complexity index is 660. The lowest BCUT2D eigenvalue weighted by atomic mass is 9.78. The van der Waals surface area contributed by atoms with Crippen LogP contribution in [-0.2, 0) is 9.53 Å². The van der Waals surface area contributed by atoms with Crippen LogP contribution in [0.5, 0.6) is 11.5 Å². The summed E-state index contributed by atoms with van der Waals surface area (Å²) in [6.45, 7) is 8.34. The van der Waals surface area contributed by atoms with Gasteiger partial charge < -0.3 is 19.5 Å². The first-order chi connectivity index (χ1) is 12.9. The molecule has 1 aliphatic rings. The van der Waals surface area contributed by atoms with E-state index in [1.165, 1.54) is 13.5 Å². The average molecular weight is 377 g/mol. The highest BCUT2D eigenvalue weighted by Crippen LogP contribution is 2.30. The molecule has 0 heterocycles. The summed E-state index contributed by atoms with van der Waals surface area (Å²) in [5.41, 5.74) is 0.314. The quantitative estimate of drug-likeness (QED) is 0.735. The summed E-state index contributed by atoms with van der Waals surface area (Å²) in [6.07, 6.45) is 2.40. The van der Waals surface area contributed by atoms with E-state index in [0.29, 0.717) is 35.5 Å². The Morgan fingerprint density at radius 3 is 2.63 bits per heavy atom. The molecule has 1 amide bonds. The number of amides is 1. The number of carbonyl (C=O) groups excluding carboxylic acids is 2. The molecule has 27 heavy (non-hydrogen) atoms. The van der Waals surface area contributed by atoms with Crippen molar-refractivity contribution in [2.75, 3.05) is 13.7 Å². The van der Waals surface area contributed by atoms with Crippen molar-refractivity contribution in [2.45, 2.75) is 59.1 Å². The Hall–Kier alpha value is -2.24. The van der Waals surface area contributed by atoms with Crippen LogP contribution in [0.15, 0.2) is 18.2 Å². The molecule has 6 heteroatoms. The summed E-state index contributed by atoms with van der Waals surface area (Å²) in [5.74, 6) is 1.19. The zero-order valence-corrected chi connectivity index (χ0v) is 16.9. The molecule has 1 aromatic carbocycles. The molecule has 0 unspecified atom stereocenters. The summed E-state index contributed by atoms with van der Waals surface area (Å²) in [4.78, 5) is 24.9. The van der Waals surface area contributed by atoms with Crippen LogP contribution in [0.25, 0.3) is 0 Å². The van der Waals surface area contributed by atoms with Gasteiger partial charge in [-0.15, -0.1) is 0 Å². The van der Waals surface area contributed by atoms with Crippen molar-refractivity contribution < 1.29 is 23.8 Å². The lowest BCUT2D eigenvalue weighted by Gasteiger charge is -2.35. The third-order valence-corrected chi connectivity index (χ3v) is 5.39. The SMILES string of the molecule is CCOc1ccc(C(=O)O[C@H](C)C(=O)N[C@H]2CCC[C@H](C)[C@@H]2C)cc1OC. The summed E-state index contributed by atoms with van der Waals surface area (Å²) in [5, 5.41) is 3.04. The van der Waals surface area contributed by atoms with Crippen LogP contribution in [-0.4, -0.2) is 37.7 Å². The molecule has 1 aliphatic carbocycles. The number of methoxy groups -OCH3 is 1. The van der Waals surface area contributed by atoms with Crippen molar-refractivity contribution in [3.05, 3.63) is 23.8 Å². The number of esters is 1. The second-order valence-electron chi connectivity index (χ2n) is 7.23. The Kier molecular flexibility index (Phi) is 7.51. The topological polar surface area (TPSA) is 73.9 Å². The van der Waals surface area contributed by atoms with Gasteiger partial charge in [0.15, 0.2) is 17.6 Å². The van der Waals surface area contributed by atoms with E-state index in [9.17, 15) is 9.59 Å². The van der Waals surface area contributed by atoms with Gasteiger partial charge in [0.2, 0.25) is 0 Å². The average Bonchev–Trinajstić information content (AvgIpc) is 2.65. The molecule has 1 fully saturated rings. The minimum atomic E-state index is -0.862. The van der Waals surface area contributed by atoms with E-state index in [4.69, 9.17) is 14.2 Å². The minimum absolute atomic E-state index is 0.132. The Morgan fingerprint density at radius 1 is 1.22 bits per heavy atom. The van der Waals surface area contributed by atoms with Crippen LogP contribution in [0.4, 0.5) is 0 Å². The van der Waals surface area contributed by atoms with Gasteiger partial charge in [-0.3, -0.25) is 4.79 Å². The van der Waals surface area contributed by atoms with Gasteiger partial charge >= 0.3 is 5.97 Å². The lowest BCUT2D eigenvalue weighted by Crippen LogP contribution is -2.47. The summed E-state index contributed by atoms with van der Waals surface area (Å²) in [7, 11) is 1.51. The minimum Gasteiger partial charge on any atom is -0.493 e. The summed E-state index contributed by atoms with van der Waals surface area (Å²) in [6, 6.07) is 4.95. The molecule has 0 aliphatic heterocycles. The highest BCUT2D eigenvalue weighted by atomic mass is 16.5. The van der Waals surface area contributed by atoms with Crippen LogP contribution >= 0.6 is 0 Å². The van der Waals surface area contributed by atoms with Gasteiger partial charge in [0.25, 0.3) is 5.91 Å². The van der Waals surface area contributed by atoms with Crippen molar-refractivity contribution in [2.24, 2.45) is 11.8 Å². The molecule has 0 aromatic heterocycles. The van der Waals surface area contributed by atoms with Crippen molar-refractivity contribution in [1.82, 2.24) is 5.32 Å². The van der Waals surface area contributed by atoms with Crippen molar-refractivity contribution in [3.63, 3.8) is 0 Å². The van der Waals surface area contributed by atoms with E-state index in [-0.39, 0.29) is 11.9 Å². The van der Waals surface area contributed by atoms with E-state index < -0.39 is 12.1 Å². The number of nitrogens with one attached hydrogen (secondary N) is 1. The summed E-state index contributed by atoms with van der Waals surface area (Å²) >= 11 is 0. The fourth-order valence-electron chi connectivity index (χ4n) is 3.44. The van der Waals surface area contributed by atoms with Gasteiger partial charge in [0, 0.05) is 6.04 Å². The van der Waals surface area contributed by atoms with Gasteiger partial charge in [0.1, 0.15) is 0 Å². The monoisotopic (exact) mass is 377 g/mol. The van der Waals surface area contributed by atoms with E-state index in [0.717, 1.165) is 12.8 Å². The molecule has 1 saturated carbocycles. The van der Waals surface area contributed by atoms with Gasteiger partial charge in [-0.1, -0.05) is 26.7 Å². The second-order valence-corrected chi connectivity index (χ2v) is 7.23.